The number of carbonyl (C=O) groups excluding carboxylic acids is 1. The van der Waals surface area contributed by atoms with Crippen LogP contribution in [0, 0.1) is 5.92 Å². The average Bonchev–Trinajstić information content (AvgIpc) is 2.29. The zero-order valence-corrected chi connectivity index (χ0v) is 9.93. The summed E-state index contributed by atoms with van der Waals surface area (Å²) in [6.45, 7) is 3.86. The number of nitrogens with one attached hydrogen (secondary N) is 1. The monoisotopic (exact) mass is 236 g/mol. The highest BCUT2D eigenvalue weighted by molar-refractivity contribution is 5.94. The fraction of sp³-hybridized carbons (Fsp3) is 0.417. The molecule has 1 amide bonds. The van der Waals surface area contributed by atoms with Crippen LogP contribution in [0.4, 0.5) is 5.69 Å². The van der Waals surface area contributed by atoms with E-state index < -0.39 is 5.97 Å². The van der Waals surface area contributed by atoms with Crippen molar-refractivity contribution in [1.82, 2.24) is 4.98 Å². The quantitative estimate of drug-likeness (QED) is 0.821. The summed E-state index contributed by atoms with van der Waals surface area (Å²) < 4.78 is 0. The van der Waals surface area contributed by atoms with Crippen LogP contribution in [0.3, 0.4) is 0 Å². The van der Waals surface area contributed by atoms with E-state index >= 15 is 0 Å². The molecule has 0 spiro atoms. The van der Waals surface area contributed by atoms with Crippen LogP contribution in [0.2, 0.25) is 0 Å². The van der Waals surface area contributed by atoms with Crippen molar-refractivity contribution in [1.29, 1.82) is 0 Å². The van der Waals surface area contributed by atoms with Gasteiger partial charge in [0, 0.05) is 17.8 Å². The molecule has 2 N–H and O–H groups in total. The van der Waals surface area contributed by atoms with E-state index in [9.17, 15) is 9.59 Å². The molecule has 5 nitrogen and oxygen atoms in total. The highest BCUT2D eigenvalue weighted by Crippen LogP contribution is 2.12. The summed E-state index contributed by atoms with van der Waals surface area (Å²) in [5.74, 6) is -1.29. The molecule has 0 radical (unpaired) electrons. The summed E-state index contributed by atoms with van der Waals surface area (Å²) in [6, 6.07) is 2.92. The molecular weight excluding hydrogens is 220 g/mol. The summed E-state index contributed by atoms with van der Waals surface area (Å²) in [5.41, 5.74) is 0.385. The maximum Gasteiger partial charge on any atom is 0.354 e. The highest BCUT2D eigenvalue weighted by atomic mass is 16.4. The number of pyridine rings is 1. The molecule has 1 heterocycles. The number of aromatic carboxylic acids is 1. The molecule has 1 aromatic heterocycles. The molecule has 1 atom stereocenters. The Balaban J connectivity index is 2.71. The Morgan fingerprint density at radius 2 is 2.24 bits per heavy atom. The first-order valence-corrected chi connectivity index (χ1v) is 5.54. The lowest BCUT2D eigenvalue weighted by atomic mass is 10.1. The van der Waals surface area contributed by atoms with E-state index in [1.54, 1.807) is 6.07 Å². The number of rotatable bonds is 5. The van der Waals surface area contributed by atoms with E-state index in [2.05, 4.69) is 10.3 Å². The van der Waals surface area contributed by atoms with Gasteiger partial charge in [0.25, 0.3) is 0 Å². The number of amides is 1. The van der Waals surface area contributed by atoms with Crippen LogP contribution in [-0.4, -0.2) is 22.0 Å². The van der Waals surface area contributed by atoms with Crippen molar-refractivity contribution < 1.29 is 14.7 Å². The Bertz CT molecular complexity index is 418. The average molecular weight is 236 g/mol. The van der Waals surface area contributed by atoms with Gasteiger partial charge in [0.05, 0.1) is 0 Å². The van der Waals surface area contributed by atoms with E-state index in [4.69, 9.17) is 5.11 Å². The van der Waals surface area contributed by atoms with Gasteiger partial charge in [-0.05, 0) is 18.6 Å². The predicted molar refractivity (Wildman–Crippen MR) is 63.9 cm³/mol. The maximum atomic E-state index is 11.7. The van der Waals surface area contributed by atoms with Crippen LogP contribution in [-0.2, 0) is 4.79 Å². The number of hydrogen-bond donors (Lipinski definition) is 2. The van der Waals surface area contributed by atoms with Gasteiger partial charge in [-0.25, -0.2) is 9.78 Å². The number of anilines is 1. The molecule has 1 aromatic rings. The largest absolute Gasteiger partial charge is 0.477 e. The van der Waals surface area contributed by atoms with E-state index in [0.717, 1.165) is 12.8 Å². The number of aromatic nitrogens is 1. The van der Waals surface area contributed by atoms with Crippen LogP contribution in [0.1, 0.15) is 37.2 Å². The van der Waals surface area contributed by atoms with Gasteiger partial charge in [-0.15, -0.1) is 0 Å². The minimum Gasteiger partial charge on any atom is -0.477 e. The van der Waals surface area contributed by atoms with Gasteiger partial charge in [0.1, 0.15) is 5.69 Å². The molecule has 1 rings (SSSR count). The maximum absolute atomic E-state index is 11.7. The highest BCUT2D eigenvalue weighted by Gasteiger charge is 2.13. The van der Waals surface area contributed by atoms with Crippen LogP contribution < -0.4 is 5.32 Å². The minimum atomic E-state index is -1.11. The second-order valence-electron chi connectivity index (χ2n) is 3.91. The van der Waals surface area contributed by atoms with Crippen molar-refractivity contribution in [2.24, 2.45) is 5.92 Å². The van der Waals surface area contributed by atoms with Gasteiger partial charge in [0.15, 0.2) is 0 Å². The van der Waals surface area contributed by atoms with Gasteiger partial charge < -0.3 is 10.4 Å². The summed E-state index contributed by atoms with van der Waals surface area (Å²) in [6.07, 6.45) is 3.11. The summed E-state index contributed by atoms with van der Waals surface area (Å²) in [5, 5.41) is 11.4. The summed E-state index contributed by atoms with van der Waals surface area (Å²) in [7, 11) is 0. The van der Waals surface area contributed by atoms with Crippen LogP contribution in [0.25, 0.3) is 0 Å². The van der Waals surface area contributed by atoms with E-state index in [0.29, 0.717) is 5.69 Å². The van der Waals surface area contributed by atoms with E-state index in [-0.39, 0.29) is 17.5 Å². The smallest absolute Gasteiger partial charge is 0.354 e. The number of carboxylic acid groups (broad SMARTS) is 1. The molecule has 0 saturated heterocycles. The van der Waals surface area contributed by atoms with Gasteiger partial charge in [-0.3, -0.25) is 4.79 Å². The van der Waals surface area contributed by atoms with Crippen LogP contribution >= 0.6 is 0 Å². The molecule has 0 aliphatic rings. The number of carbonyl (C=O) groups is 2. The number of nitrogens with zero attached hydrogens (tertiary/aromatic N) is 1. The van der Waals surface area contributed by atoms with Gasteiger partial charge >= 0.3 is 5.97 Å². The Labute approximate surface area is 99.9 Å². The van der Waals surface area contributed by atoms with Crippen LogP contribution in [0.15, 0.2) is 18.3 Å². The fourth-order valence-corrected chi connectivity index (χ4v) is 1.45. The third kappa shape index (κ3) is 3.86. The second kappa shape index (κ2) is 5.98. The first-order valence-electron chi connectivity index (χ1n) is 5.54. The summed E-state index contributed by atoms with van der Waals surface area (Å²) >= 11 is 0. The van der Waals surface area contributed by atoms with Crippen molar-refractivity contribution in [3.63, 3.8) is 0 Å². The topological polar surface area (TPSA) is 79.3 Å². The molecule has 1 unspecified atom stereocenters. The Morgan fingerprint density at radius 3 is 2.82 bits per heavy atom. The molecule has 0 bridgehead atoms. The molecule has 0 fully saturated rings. The second-order valence-corrected chi connectivity index (χ2v) is 3.91. The zero-order chi connectivity index (χ0) is 12.8. The van der Waals surface area contributed by atoms with Gasteiger partial charge in [0.2, 0.25) is 5.91 Å². The zero-order valence-electron chi connectivity index (χ0n) is 9.93. The lowest BCUT2D eigenvalue weighted by molar-refractivity contribution is -0.119. The Hall–Kier alpha value is -1.91. The van der Waals surface area contributed by atoms with Gasteiger partial charge in [-0.1, -0.05) is 20.3 Å². The standard InChI is InChI=1S/C12H16N2O3/c1-3-4-8(2)11(15)14-9-5-6-13-10(7-9)12(16)17/h5-8H,3-4H2,1-2H3,(H,16,17)(H,13,14,15). The lowest BCUT2D eigenvalue weighted by Gasteiger charge is -2.11. The molecular formula is C12H16N2O3. The minimum absolute atomic E-state index is 0.0778. The molecule has 92 valence electrons. The molecule has 17 heavy (non-hydrogen) atoms. The summed E-state index contributed by atoms with van der Waals surface area (Å²) in [4.78, 5) is 26.1. The van der Waals surface area contributed by atoms with Crippen molar-refractivity contribution in [3.8, 4) is 0 Å². The molecule has 0 saturated carbocycles. The molecule has 0 aliphatic heterocycles. The van der Waals surface area contributed by atoms with Crippen molar-refractivity contribution in [2.75, 3.05) is 5.32 Å². The van der Waals surface area contributed by atoms with Gasteiger partial charge in [-0.2, -0.15) is 0 Å². The van der Waals surface area contributed by atoms with Crippen molar-refractivity contribution >= 4 is 17.6 Å². The first kappa shape index (κ1) is 13.2. The Kier molecular flexibility index (Phi) is 4.63. The Morgan fingerprint density at radius 1 is 1.53 bits per heavy atom. The third-order valence-electron chi connectivity index (χ3n) is 2.42. The molecule has 5 heteroatoms. The molecule has 0 aromatic carbocycles. The van der Waals surface area contributed by atoms with Crippen molar-refractivity contribution in [2.45, 2.75) is 26.7 Å². The lowest BCUT2D eigenvalue weighted by Crippen LogP contribution is -2.20. The third-order valence-corrected chi connectivity index (χ3v) is 2.42. The van der Waals surface area contributed by atoms with Crippen LogP contribution in [0.5, 0.6) is 0 Å². The number of hydrogen-bond acceptors (Lipinski definition) is 3. The SMILES string of the molecule is CCCC(C)C(=O)Nc1ccnc(C(=O)O)c1. The normalized spacial score (nSPS) is 11.9. The fourth-order valence-electron chi connectivity index (χ4n) is 1.45. The predicted octanol–water partition coefficient (Wildman–Crippen LogP) is 2.15. The van der Waals surface area contributed by atoms with E-state index in [1.165, 1.54) is 12.3 Å². The first-order chi connectivity index (χ1) is 8.04. The van der Waals surface area contributed by atoms with E-state index in [1.807, 2.05) is 13.8 Å². The number of carboxylic acids is 1. The molecule has 0 aliphatic carbocycles. The van der Waals surface area contributed by atoms with Crippen molar-refractivity contribution in [3.05, 3.63) is 24.0 Å².